The lowest BCUT2D eigenvalue weighted by molar-refractivity contribution is 0.598. The number of halogens is 1. The van der Waals surface area contributed by atoms with Gasteiger partial charge in [0.1, 0.15) is 4.90 Å². The molecule has 0 radical (unpaired) electrons. The van der Waals surface area contributed by atoms with Gasteiger partial charge < -0.3 is 5.32 Å². The van der Waals surface area contributed by atoms with Crippen molar-refractivity contribution in [1.82, 2.24) is 4.98 Å². The van der Waals surface area contributed by atoms with E-state index in [0.29, 0.717) is 10.7 Å². The van der Waals surface area contributed by atoms with Gasteiger partial charge in [0, 0.05) is 16.9 Å². The number of pyridine rings is 1. The van der Waals surface area contributed by atoms with E-state index >= 15 is 0 Å². The molecule has 5 nitrogen and oxygen atoms in total. The Hall–Kier alpha value is -1.63. The Balaban J connectivity index is 2.38. The van der Waals surface area contributed by atoms with Crippen molar-refractivity contribution in [3.63, 3.8) is 0 Å². The molecule has 0 aliphatic carbocycles. The average molecular weight is 284 g/mol. The molecule has 2 rings (SSSR count). The summed E-state index contributed by atoms with van der Waals surface area (Å²) in [4.78, 5) is 3.90. The summed E-state index contributed by atoms with van der Waals surface area (Å²) in [6, 6.07) is 9.69. The Morgan fingerprint density at radius 2 is 1.83 bits per heavy atom. The molecule has 94 valence electrons. The van der Waals surface area contributed by atoms with Gasteiger partial charge in [0.15, 0.2) is 5.82 Å². The Bertz CT molecular complexity index is 656. The van der Waals surface area contributed by atoms with Crippen LogP contribution in [0.2, 0.25) is 5.02 Å². The summed E-state index contributed by atoms with van der Waals surface area (Å²) in [5.74, 6) is 0.183. The van der Waals surface area contributed by atoms with Crippen LogP contribution in [0.5, 0.6) is 0 Å². The normalized spacial score (nSPS) is 11.2. The lowest BCUT2D eigenvalue weighted by Gasteiger charge is -2.09. The lowest BCUT2D eigenvalue weighted by atomic mass is 10.3. The summed E-state index contributed by atoms with van der Waals surface area (Å²) >= 11 is 5.76. The molecule has 0 saturated heterocycles. The third kappa shape index (κ3) is 2.98. The monoisotopic (exact) mass is 283 g/mol. The highest BCUT2D eigenvalue weighted by molar-refractivity contribution is 7.89. The maximum atomic E-state index is 11.4. The van der Waals surface area contributed by atoms with Crippen molar-refractivity contribution in [3.8, 4) is 0 Å². The summed E-state index contributed by atoms with van der Waals surface area (Å²) in [6.07, 6.45) is 1.48. The van der Waals surface area contributed by atoms with Crippen LogP contribution in [0.15, 0.2) is 47.5 Å². The second-order valence-electron chi connectivity index (χ2n) is 3.53. The van der Waals surface area contributed by atoms with E-state index in [2.05, 4.69) is 10.3 Å². The first kappa shape index (κ1) is 12.8. The zero-order valence-corrected chi connectivity index (χ0v) is 10.7. The Labute approximate surface area is 110 Å². The first-order valence-electron chi connectivity index (χ1n) is 4.97. The number of hydrogen-bond acceptors (Lipinski definition) is 4. The zero-order chi connectivity index (χ0) is 13.2. The van der Waals surface area contributed by atoms with Crippen LogP contribution >= 0.6 is 11.6 Å². The predicted octanol–water partition coefficient (Wildman–Crippen LogP) is 2.13. The van der Waals surface area contributed by atoms with Crippen LogP contribution in [0.1, 0.15) is 0 Å². The zero-order valence-electron chi connectivity index (χ0n) is 9.17. The van der Waals surface area contributed by atoms with Crippen molar-refractivity contribution in [1.29, 1.82) is 0 Å². The fourth-order valence-electron chi connectivity index (χ4n) is 1.38. The molecule has 3 N–H and O–H groups in total. The van der Waals surface area contributed by atoms with Crippen LogP contribution in [0, 0.1) is 0 Å². The van der Waals surface area contributed by atoms with Gasteiger partial charge in [0.05, 0.1) is 0 Å². The average Bonchev–Trinajstić information content (AvgIpc) is 2.31. The van der Waals surface area contributed by atoms with Crippen LogP contribution in [0.3, 0.4) is 0 Å². The third-order valence-electron chi connectivity index (χ3n) is 2.18. The molecule has 2 aromatic rings. The van der Waals surface area contributed by atoms with E-state index in [9.17, 15) is 8.42 Å². The molecule has 1 aromatic carbocycles. The number of aromatic nitrogens is 1. The molecule has 0 fully saturated rings. The minimum Gasteiger partial charge on any atom is -0.339 e. The van der Waals surface area contributed by atoms with E-state index in [4.69, 9.17) is 16.7 Å². The van der Waals surface area contributed by atoms with Gasteiger partial charge in [-0.05, 0) is 36.4 Å². The minimum atomic E-state index is -3.81. The van der Waals surface area contributed by atoms with Crippen molar-refractivity contribution < 1.29 is 8.42 Å². The fraction of sp³-hybridized carbons (Fsp3) is 0. The summed E-state index contributed by atoms with van der Waals surface area (Å²) in [7, 11) is -3.81. The SMILES string of the molecule is NS(=O)(=O)c1cccnc1Nc1ccc(Cl)cc1. The molecule has 0 atom stereocenters. The molecule has 0 unspecified atom stereocenters. The van der Waals surface area contributed by atoms with Crippen LogP contribution in [0.25, 0.3) is 0 Å². The van der Waals surface area contributed by atoms with E-state index in [0.717, 1.165) is 0 Å². The van der Waals surface area contributed by atoms with Crippen LogP contribution in [0.4, 0.5) is 11.5 Å². The number of anilines is 2. The Morgan fingerprint density at radius 1 is 1.17 bits per heavy atom. The number of sulfonamides is 1. The molecular formula is C11H10ClN3O2S. The first-order valence-corrected chi connectivity index (χ1v) is 6.89. The predicted molar refractivity (Wildman–Crippen MR) is 70.3 cm³/mol. The summed E-state index contributed by atoms with van der Waals surface area (Å²) < 4.78 is 22.7. The quantitative estimate of drug-likeness (QED) is 0.903. The Kier molecular flexibility index (Phi) is 3.51. The molecule has 0 amide bonds. The van der Waals surface area contributed by atoms with Gasteiger partial charge in [0.2, 0.25) is 10.0 Å². The third-order valence-corrected chi connectivity index (χ3v) is 3.38. The van der Waals surface area contributed by atoms with Crippen molar-refractivity contribution in [2.24, 2.45) is 5.14 Å². The van der Waals surface area contributed by atoms with Gasteiger partial charge >= 0.3 is 0 Å². The topological polar surface area (TPSA) is 85.1 Å². The second kappa shape index (κ2) is 4.93. The largest absolute Gasteiger partial charge is 0.339 e. The standard InChI is InChI=1S/C11H10ClN3O2S/c12-8-3-5-9(6-4-8)15-11-10(18(13,16)17)2-1-7-14-11/h1-7H,(H,14,15)(H2,13,16,17). The molecule has 0 spiro atoms. The van der Waals surface area contributed by atoms with Gasteiger partial charge in [0.25, 0.3) is 0 Å². The molecule has 7 heteroatoms. The lowest BCUT2D eigenvalue weighted by Crippen LogP contribution is -2.14. The van der Waals surface area contributed by atoms with Crippen molar-refractivity contribution >= 4 is 33.1 Å². The molecule has 0 saturated carbocycles. The van der Waals surface area contributed by atoms with Crippen LogP contribution in [-0.4, -0.2) is 13.4 Å². The highest BCUT2D eigenvalue weighted by Crippen LogP contribution is 2.22. The van der Waals surface area contributed by atoms with Crippen molar-refractivity contribution in [2.75, 3.05) is 5.32 Å². The molecule has 1 aromatic heterocycles. The van der Waals surface area contributed by atoms with E-state index in [1.54, 1.807) is 24.3 Å². The van der Waals surface area contributed by atoms with Gasteiger partial charge in [-0.15, -0.1) is 0 Å². The van der Waals surface area contributed by atoms with Crippen LogP contribution < -0.4 is 10.5 Å². The highest BCUT2D eigenvalue weighted by Gasteiger charge is 2.14. The molecule has 0 aliphatic rings. The summed E-state index contributed by atoms with van der Waals surface area (Å²) in [6.45, 7) is 0. The van der Waals surface area contributed by atoms with Gasteiger partial charge in [-0.3, -0.25) is 0 Å². The maximum Gasteiger partial charge on any atom is 0.241 e. The summed E-state index contributed by atoms with van der Waals surface area (Å²) in [5.41, 5.74) is 0.669. The molecule has 1 heterocycles. The number of hydrogen-bond donors (Lipinski definition) is 2. The molecular weight excluding hydrogens is 274 g/mol. The van der Waals surface area contributed by atoms with Gasteiger partial charge in [-0.2, -0.15) is 0 Å². The number of nitrogens with one attached hydrogen (secondary N) is 1. The second-order valence-corrected chi connectivity index (χ2v) is 5.49. The Morgan fingerprint density at radius 3 is 2.44 bits per heavy atom. The molecule has 18 heavy (non-hydrogen) atoms. The highest BCUT2D eigenvalue weighted by atomic mass is 35.5. The number of nitrogens with two attached hydrogens (primary N) is 1. The van der Waals surface area contributed by atoms with E-state index < -0.39 is 10.0 Å². The summed E-state index contributed by atoms with van der Waals surface area (Å²) in [5, 5.41) is 8.57. The van der Waals surface area contributed by atoms with Crippen molar-refractivity contribution in [2.45, 2.75) is 4.90 Å². The van der Waals surface area contributed by atoms with Gasteiger partial charge in [-0.1, -0.05) is 11.6 Å². The van der Waals surface area contributed by atoms with E-state index in [1.807, 2.05) is 0 Å². The van der Waals surface area contributed by atoms with Gasteiger partial charge in [-0.25, -0.2) is 18.5 Å². The fourth-order valence-corrected chi connectivity index (χ4v) is 2.15. The number of rotatable bonds is 3. The minimum absolute atomic E-state index is 0.0556. The number of primary sulfonamides is 1. The van der Waals surface area contributed by atoms with Crippen LogP contribution in [-0.2, 0) is 10.0 Å². The maximum absolute atomic E-state index is 11.4. The van der Waals surface area contributed by atoms with E-state index in [-0.39, 0.29) is 10.7 Å². The van der Waals surface area contributed by atoms with E-state index in [1.165, 1.54) is 18.3 Å². The smallest absolute Gasteiger partial charge is 0.241 e. The first-order chi connectivity index (χ1) is 8.47. The molecule has 0 aliphatic heterocycles. The van der Waals surface area contributed by atoms with Crippen molar-refractivity contribution in [3.05, 3.63) is 47.6 Å². The molecule has 0 bridgehead atoms. The number of nitrogens with zero attached hydrogens (tertiary/aromatic N) is 1. The number of benzene rings is 1.